The molecule has 5 unspecified atom stereocenters. The Morgan fingerprint density at radius 2 is 1.41 bits per heavy atom. The van der Waals surface area contributed by atoms with Gasteiger partial charge in [-0.05, 0) is 26.2 Å². The number of unbranched alkanes of at least 4 members (excludes halogenated alkanes) is 1. The second-order valence-electron chi connectivity index (χ2n) is 12.4. The normalized spacial score (nSPS) is 38.1. The summed E-state index contributed by atoms with van der Waals surface area (Å²) < 4.78 is 35.4. The average Bonchev–Trinajstić information content (AvgIpc) is 3.06. The van der Waals surface area contributed by atoms with E-state index in [4.69, 9.17) is 28.4 Å². The smallest absolute Gasteiger partial charge is 0.219 e. The van der Waals surface area contributed by atoms with Gasteiger partial charge in [0.25, 0.3) is 0 Å². The third kappa shape index (κ3) is 11.7. The number of ether oxygens (including phenoxy) is 6. The fourth-order valence-electron chi connectivity index (χ4n) is 5.79. The minimum Gasteiger partial charge on any atom is -0.394 e. The predicted octanol–water partition coefficient (Wildman–Crippen LogP) is -4.54. The molecule has 3 rings (SSSR count). The second-order valence-corrected chi connectivity index (χ2v) is 12.4. The number of carbonyl (C=O) groups is 3. The molecule has 49 heavy (non-hydrogen) atoms. The maximum Gasteiger partial charge on any atom is 0.219 e. The van der Waals surface area contributed by atoms with Crippen LogP contribution in [0.15, 0.2) is 0 Å². The molecule has 0 radical (unpaired) electrons. The van der Waals surface area contributed by atoms with Crippen LogP contribution < -0.4 is 16.0 Å². The molecule has 10 N–H and O–H groups in total. The minimum atomic E-state index is -1.66. The standard InChI is InChI=1S/C30H53N3O16/c1-14-23(40)16(37)11-21(45-14)48-28-27(49-29-22(33-15(2)36)26(43)24(41)17(12-34)46-29)25(42)18(13-35)47-30(28)44-10-6-9-32-20(39)8-5-4-7-19(38)31-3/h14,16-18,21-30,34-35,37,40-43H,4-13H2,1-3H3,(H,31,38)(H,32,39)(H,33,36)/t14?,16-,17?,18?,21+,22?,23-,24+,25+,26-,27?,28+,29-,30-/m1/s1. The summed E-state index contributed by atoms with van der Waals surface area (Å²) in [4.78, 5) is 35.5. The SMILES string of the molecule is CNC(=O)CCCCC(=O)NCCCO[C@@H]1OC(CO)[C@H](O)C(O[C@H]2OC(CO)[C@H](O)[C@H](O)C2NC(C)=O)[C@@H]1O[C@H]1C[C@@H](O)[C@H](O)C(C)O1. The molecule has 3 saturated heterocycles. The Bertz CT molecular complexity index is 1030. The molecule has 0 bridgehead atoms. The highest BCUT2D eigenvalue weighted by molar-refractivity contribution is 5.76. The van der Waals surface area contributed by atoms with Crippen molar-refractivity contribution >= 4 is 17.7 Å². The van der Waals surface area contributed by atoms with Crippen LogP contribution in [-0.4, -0.2) is 173 Å². The van der Waals surface area contributed by atoms with Crippen molar-refractivity contribution in [2.24, 2.45) is 0 Å². The molecule has 3 aliphatic heterocycles. The zero-order valence-electron chi connectivity index (χ0n) is 28.0. The number of hydrogen-bond donors (Lipinski definition) is 10. The molecule has 3 amide bonds. The molecule has 284 valence electrons. The summed E-state index contributed by atoms with van der Waals surface area (Å²) in [7, 11) is 1.54. The molecule has 0 aliphatic carbocycles. The first kappa shape index (κ1) is 41.3. The molecular formula is C30H53N3O16. The van der Waals surface area contributed by atoms with E-state index in [1.807, 2.05) is 0 Å². The lowest BCUT2D eigenvalue weighted by Gasteiger charge is -2.49. The van der Waals surface area contributed by atoms with Gasteiger partial charge in [-0.1, -0.05) is 0 Å². The first-order chi connectivity index (χ1) is 23.3. The van der Waals surface area contributed by atoms with E-state index in [2.05, 4.69) is 16.0 Å². The van der Waals surface area contributed by atoms with Crippen molar-refractivity contribution in [1.29, 1.82) is 0 Å². The lowest BCUT2D eigenvalue weighted by molar-refractivity contribution is -0.375. The van der Waals surface area contributed by atoms with Crippen molar-refractivity contribution in [3.63, 3.8) is 0 Å². The Hall–Kier alpha value is -2.11. The Kier molecular flexibility index (Phi) is 16.9. The Morgan fingerprint density at radius 3 is 2.02 bits per heavy atom. The number of aliphatic hydroxyl groups is 7. The summed E-state index contributed by atoms with van der Waals surface area (Å²) in [6.45, 7) is 1.46. The highest BCUT2D eigenvalue weighted by Gasteiger charge is 2.53. The van der Waals surface area contributed by atoms with E-state index in [0.717, 1.165) is 6.92 Å². The fraction of sp³-hybridized carbons (Fsp3) is 0.900. The monoisotopic (exact) mass is 711 g/mol. The van der Waals surface area contributed by atoms with Crippen LogP contribution in [0.5, 0.6) is 0 Å². The van der Waals surface area contributed by atoms with Gasteiger partial charge in [0, 0.05) is 39.8 Å². The van der Waals surface area contributed by atoms with Crippen LogP contribution in [0, 0.1) is 0 Å². The van der Waals surface area contributed by atoms with E-state index in [9.17, 15) is 50.1 Å². The van der Waals surface area contributed by atoms with Crippen molar-refractivity contribution in [3.8, 4) is 0 Å². The van der Waals surface area contributed by atoms with Crippen LogP contribution in [0.1, 0.15) is 52.4 Å². The molecule has 0 aromatic carbocycles. The van der Waals surface area contributed by atoms with Gasteiger partial charge < -0.3 is 80.1 Å². The van der Waals surface area contributed by atoms with Crippen LogP contribution in [0.4, 0.5) is 0 Å². The van der Waals surface area contributed by atoms with Gasteiger partial charge in [0.05, 0.1) is 32.0 Å². The number of carbonyl (C=O) groups excluding carboxylic acids is 3. The molecular weight excluding hydrogens is 658 g/mol. The number of amides is 3. The highest BCUT2D eigenvalue weighted by Crippen LogP contribution is 2.33. The summed E-state index contributed by atoms with van der Waals surface area (Å²) in [6.07, 6.45) is -16.0. The quantitative estimate of drug-likeness (QED) is 0.0636. The number of hydrogen-bond acceptors (Lipinski definition) is 16. The molecule has 19 nitrogen and oxygen atoms in total. The summed E-state index contributed by atoms with van der Waals surface area (Å²) >= 11 is 0. The van der Waals surface area contributed by atoms with Crippen molar-refractivity contribution in [1.82, 2.24) is 16.0 Å². The first-order valence-corrected chi connectivity index (χ1v) is 16.6. The molecule has 0 aromatic heterocycles. The van der Waals surface area contributed by atoms with Gasteiger partial charge in [-0.15, -0.1) is 0 Å². The molecule has 0 spiro atoms. The zero-order chi connectivity index (χ0) is 36.2. The van der Waals surface area contributed by atoms with E-state index in [1.54, 1.807) is 7.05 Å². The Morgan fingerprint density at radius 1 is 0.776 bits per heavy atom. The first-order valence-electron chi connectivity index (χ1n) is 16.6. The molecule has 14 atom stereocenters. The predicted molar refractivity (Wildman–Crippen MR) is 164 cm³/mol. The van der Waals surface area contributed by atoms with Crippen LogP contribution in [-0.2, 0) is 42.8 Å². The summed E-state index contributed by atoms with van der Waals surface area (Å²) in [5.41, 5.74) is 0. The summed E-state index contributed by atoms with van der Waals surface area (Å²) in [5.74, 6) is -0.919. The van der Waals surface area contributed by atoms with Crippen LogP contribution in [0.3, 0.4) is 0 Å². The minimum absolute atomic E-state index is 0.0162. The molecule has 3 aliphatic rings. The molecule has 3 heterocycles. The molecule has 19 heteroatoms. The maximum absolute atomic E-state index is 12.2. The van der Waals surface area contributed by atoms with Gasteiger partial charge in [0.2, 0.25) is 17.7 Å². The van der Waals surface area contributed by atoms with Gasteiger partial charge >= 0.3 is 0 Å². The largest absolute Gasteiger partial charge is 0.394 e. The molecule has 0 saturated carbocycles. The zero-order valence-corrected chi connectivity index (χ0v) is 28.0. The molecule has 0 aromatic rings. The summed E-state index contributed by atoms with van der Waals surface area (Å²) in [6, 6.07) is -1.38. The number of rotatable bonds is 17. The average molecular weight is 712 g/mol. The van der Waals surface area contributed by atoms with Crippen molar-refractivity contribution in [2.45, 2.75) is 138 Å². The van der Waals surface area contributed by atoms with Crippen LogP contribution >= 0.6 is 0 Å². The van der Waals surface area contributed by atoms with E-state index < -0.39 is 105 Å². The van der Waals surface area contributed by atoms with Gasteiger partial charge in [-0.3, -0.25) is 14.4 Å². The number of nitrogens with one attached hydrogen (secondary N) is 3. The van der Waals surface area contributed by atoms with Crippen LogP contribution in [0.25, 0.3) is 0 Å². The lowest BCUT2D eigenvalue weighted by Crippen LogP contribution is -2.68. The van der Waals surface area contributed by atoms with Gasteiger partial charge in [-0.2, -0.15) is 0 Å². The maximum atomic E-state index is 12.2. The Labute approximate surface area is 284 Å². The number of aliphatic hydroxyl groups excluding tert-OH is 7. The van der Waals surface area contributed by atoms with Gasteiger partial charge in [-0.25, -0.2) is 0 Å². The van der Waals surface area contributed by atoms with Crippen molar-refractivity contribution in [3.05, 3.63) is 0 Å². The van der Waals surface area contributed by atoms with Gasteiger partial charge in [0.1, 0.15) is 54.9 Å². The van der Waals surface area contributed by atoms with E-state index in [0.29, 0.717) is 25.7 Å². The Balaban J connectivity index is 1.75. The van der Waals surface area contributed by atoms with E-state index in [-0.39, 0.29) is 37.8 Å². The van der Waals surface area contributed by atoms with E-state index >= 15 is 0 Å². The highest BCUT2D eigenvalue weighted by atomic mass is 16.8. The fourth-order valence-corrected chi connectivity index (χ4v) is 5.79. The van der Waals surface area contributed by atoms with Gasteiger partial charge in [0.15, 0.2) is 18.9 Å². The third-order valence-corrected chi connectivity index (χ3v) is 8.59. The summed E-state index contributed by atoms with van der Waals surface area (Å²) in [5, 5.41) is 80.6. The topological polar surface area (TPSA) is 284 Å². The lowest BCUT2D eigenvalue weighted by atomic mass is 9.95. The van der Waals surface area contributed by atoms with Crippen molar-refractivity contribution < 1.29 is 78.6 Å². The van der Waals surface area contributed by atoms with E-state index in [1.165, 1.54) is 6.92 Å². The second kappa shape index (κ2) is 20.1. The van der Waals surface area contributed by atoms with Crippen LogP contribution in [0.2, 0.25) is 0 Å². The van der Waals surface area contributed by atoms with Crippen molar-refractivity contribution in [2.75, 3.05) is 33.4 Å². The third-order valence-electron chi connectivity index (χ3n) is 8.59. The molecule has 3 fully saturated rings.